The van der Waals surface area contributed by atoms with Crippen molar-refractivity contribution in [2.24, 2.45) is 0 Å². The molecular weight excluding hydrogens is 677 g/mol. The average Bonchev–Trinajstić information content (AvgIpc) is 3.88. The second-order valence-corrected chi connectivity index (χ2v) is 16.5. The van der Waals surface area contributed by atoms with Crippen LogP contribution in [0.5, 0.6) is 0 Å². The largest absolute Gasteiger partial charge is 0.310 e. The molecule has 3 aliphatic carbocycles. The monoisotopic (exact) mass is 720 g/mol. The molecule has 0 heterocycles. The summed E-state index contributed by atoms with van der Waals surface area (Å²) >= 11 is 0. The van der Waals surface area contributed by atoms with Crippen LogP contribution in [0, 0.1) is 0 Å². The van der Waals surface area contributed by atoms with Crippen LogP contribution in [-0.4, -0.2) is 0 Å². The Kier molecular flexibility index (Phi) is 7.41. The van der Waals surface area contributed by atoms with Crippen LogP contribution in [0.25, 0.3) is 21.9 Å². The maximum atomic E-state index is 2.55. The van der Waals surface area contributed by atoms with Gasteiger partial charge in [0.15, 0.2) is 0 Å². The summed E-state index contributed by atoms with van der Waals surface area (Å²) in [5.41, 5.74) is 18.5. The van der Waals surface area contributed by atoms with E-state index in [9.17, 15) is 0 Å². The van der Waals surface area contributed by atoms with Crippen LogP contribution < -0.4 is 9.80 Å². The molecule has 1 atom stereocenters. The van der Waals surface area contributed by atoms with Crippen molar-refractivity contribution in [3.63, 3.8) is 0 Å². The van der Waals surface area contributed by atoms with Crippen molar-refractivity contribution in [1.82, 2.24) is 0 Å². The van der Waals surface area contributed by atoms with Gasteiger partial charge in [0.25, 0.3) is 0 Å². The van der Waals surface area contributed by atoms with Crippen LogP contribution in [0.15, 0.2) is 182 Å². The first kappa shape index (κ1) is 33.0. The van der Waals surface area contributed by atoms with E-state index in [1.807, 2.05) is 0 Å². The lowest BCUT2D eigenvalue weighted by atomic mass is 9.76. The highest BCUT2D eigenvalue weighted by Gasteiger charge is 2.45. The zero-order valence-corrected chi connectivity index (χ0v) is 32.0. The minimum atomic E-state index is -0.0857. The molecule has 11 rings (SSSR count). The molecule has 8 aromatic carbocycles. The predicted octanol–water partition coefficient (Wildman–Crippen LogP) is 14.3. The van der Waals surface area contributed by atoms with Gasteiger partial charge in [0, 0.05) is 45.0 Å². The third-order valence-electron chi connectivity index (χ3n) is 13.2. The van der Waals surface area contributed by atoms with Crippen LogP contribution in [-0.2, 0) is 23.7 Å². The zero-order chi connectivity index (χ0) is 37.4. The maximum absolute atomic E-state index is 2.55. The fraction of sp³-hybridized carbons (Fsp3) is 0.148. The van der Waals surface area contributed by atoms with E-state index in [1.165, 1.54) is 89.4 Å². The Morgan fingerprint density at radius 1 is 0.357 bits per heavy atom. The van der Waals surface area contributed by atoms with E-state index in [-0.39, 0.29) is 10.8 Å². The van der Waals surface area contributed by atoms with E-state index < -0.39 is 0 Å². The van der Waals surface area contributed by atoms with Crippen molar-refractivity contribution in [3.8, 4) is 11.1 Å². The number of hydrogen-bond acceptors (Lipinski definition) is 2. The predicted molar refractivity (Wildman–Crippen MR) is 235 cm³/mol. The third kappa shape index (κ3) is 5.02. The molecule has 8 aromatic rings. The van der Waals surface area contributed by atoms with Crippen molar-refractivity contribution in [1.29, 1.82) is 0 Å². The highest BCUT2D eigenvalue weighted by molar-refractivity contribution is 5.91. The first-order valence-electron chi connectivity index (χ1n) is 20.2. The van der Waals surface area contributed by atoms with Gasteiger partial charge in [-0.25, -0.2) is 0 Å². The van der Waals surface area contributed by atoms with Crippen molar-refractivity contribution < 1.29 is 0 Å². The molecule has 3 aliphatic rings. The summed E-state index contributed by atoms with van der Waals surface area (Å²) in [5.74, 6) is 0. The topological polar surface area (TPSA) is 6.48 Å². The Hall–Kier alpha value is -6.38. The van der Waals surface area contributed by atoms with Gasteiger partial charge in [-0.15, -0.1) is 0 Å². The molecule has 0 saturated heterocycles. The van der Waals surface area contributed by atoms with E-state index in [1.54, 1.807) is 0 Å². The molecule has 0 aliphatic heterocycles. The summed E-state index contributed by atoms with van der Waals surface area (Å²) in [6.45, 7) is 4.76. The minimum Gasteiger partial charge on any atom is -0.310 e. The number of anilines is 6. The lowest BCUT2D eigenvalue weighted by molar-refractivity contribution is 0.507. The summed E-state index contributed by atoms with van der Waals surface area (Å²) in [4.78, 5) is 4.92. The van der Waals surface area contributed by atoms with Crippen molar-refractivity contribution in [3.05, 3.63) is 215 Å². The molecular formula is C54H44N2. The molecule has 1 spiro atoms. The number of fused-ring (bicyclic) bond motifs is 8. The van der Waals surface area contributed by atoms with Gasteiger partial charge in [-0.05, 0) is 154 Å². The highest BCUT2D eigenvalue weighted by Crippen LogP contribution is 2.56. The quantitative estimate of drug-likeness (QED) is 0.169. The Morgan fingerprint density at radius 3 is 1.46 bits per heavy atom. The van der Waals surface area contributed by atoms with Gasteiger partial charge < -0.3 is 9.80 Å². The van der Waals surface area contributed by atoms with Crippen LogP contribution in [0.4, 0.5) is 34.1 Å². The van der Waals surface area contributed by atoms with Gasteiger partial charge in [0.1, 0.15) is 0 Å². The number of para-hydroxylation sites is 2. The normalized spacial score (nSPS) is 17.0. The number of hydrogen-bond donors (Lipinski definition) is 0. The van der Waals surface area contributed by atoms with Gasteiger partial charge in [-0.1, -0.05) is 123 Å². The molecule has 0 radical (unpaired) electrons. The van der Waals surface area contributed by atoms with E-state index >= 15 is 0 Å². The fourth-order valence-electron chi connectivity index (χ4n) is 10.4. The van der Waals surface area contributed by atoms with Gasteiger partial charge in [-0.2, -0.15) is 0 Å². The molecule has 0 aromatic heterocycles. The lowest BCUT2D eigenvalue weighted by Gasteiger charge is -2.32. The molecule has 0 fully saturated rings. The van der Waals surface area contributed by atoms with Gasteiger partial charge in [0.2, 0.25) is 0 Å². The summed E-state index contributed by atoms with van der Waals surface area (Å²) < 4.78 is 0. The molecule has 56 heavy (non-hydrogen) atoms. The zero-order valence-electron chi connectivity index (χ0n) is 32.0. The lowest BCUT2D eigenvalue weighted by Crippen LogP contribution is -2.22. The van der Waals surface area contributed by atoms with Crippen LogP contribution in [0.2, 0.25) is 0 Å². The average molecular weight is 721 g/mol. The molecule has 0 unspecified atom stereocenters. The Bertz CT molecular complexity index is 2760. The number of rotatable bonds is 6. The van der Waals surface area contributed by atoms with E-state index in [0.717, 1.165) is 25.7 Å². The summed E-state index contributed by atoms with van der Waals surface area (Å²) in [6, 6.07) is 68.0. The molecule has 2 heteroatoms. The highest BCUT2D eigenvalue weighted by atomic mass is 15.1. The number of benzene rings is 8. The molecule has 0 saturated carbocycles. The Labute approximate surface area is 330 Å². The summed E-state index contributed by atoms with van der Waals surface area (Å²) in [5, 5.41) is 2.51. The fourth-order valence-corrected chi connectivity index (χ4v) is 10.4. The Balaban J connectivity index is 1.06. The molecule has 2 nitrogen and oxygen atoms in total. The summed E-state index contributed by atoms with van der Waals surface area (Å²) in [7, 11) is 0. The third-order valence-corrected chi connectivity index (χ3v) is 13.2. The first-order valence-corrected chi connectivity index (χ1v) is 20.2. The van der Waals surface area contributed by atoms with Crippen LogP contribution >= 0.6 is 0 Å². The van der Waals surface area contributed by atoms with Gasteiger partial charge >= 0.3 is 0 Å². The number of nitrogens with zero attached hydrogens (tertiary/aromatic N) is 2. The standard InChI is InChI=1S/C54H44N2/c1-53(2)49-20-12-11-19-47(49)48-28-27-46(36-52(48)53)56(43-24-21-37-13-9-10-14-40(37)33-43)45-26-23-39-30-32-54(51(39)35-45)31-29-38-22-25-44(34-50(38)54)55(41-15-5-3-6-16-41)42-17-7-4-8-18-42/h3-28,33-36H,29-32H2,1-2H3/t54-/m1/s1. The Morgan fingerprint density at radius 2 is 0.821 bits per heavy atom. The maximum Gasteiger partial charge on any atom is 0.0468 e. The SMILES string of the molecule is CC1(C)c2ccccc2-c2ccc(N(c3ccc4c(c3)[C@]3(CCc5ccc(N(c6ccccc6)c6ccccc6)cc53)CC4)c3ccc4ccccc4c3)cc21. The molecule has 270 valence electrons. The van der Waals surface area contributed by atoms with Gasteiger partial charge in [-0.3, -0.25) is 0 Å². The van der Waals surface area contributed by atoms with Crippen LogP contribution in [0.3, 0.4) is 0 Å². The summed E-state index contributed by atoms with van der Waals surface area (Å²) in [6.07, 6.45) is 4.48. The van der Waals surface area contributed by atoms with E-state index in [4.69, 9.17) is 0 Å². The molecule has 0 amide bonds. The molecule has 0 bridgehead atoms. The van der Waals surface area contributed by atoms with E-state index in [0.29, 0.717) is 0 Å². The van der Waals surface area contributed by atoms with E-state index in [2.05, 4.69) is 206 Å². The van der Waals surface area contributed by atoms with Crippen molar-refractivity contribution in [2.75, 3.05) is 9.80 Å². The smallest absolute Gasteiger partial charge is 0.0468 e. The minimum absolute atomic E-state index is 0.0215. The molecule has 0 N–H and O–H groups in total. The van der Waals surface area contributed by atoms with Crippen molar-refractivity contribution >= 4 is 44.9 Å². The van der Waals surface area contributed by atoms with Crippen molar-refractivity contribution in [2.45, 2.75) is 50.4 Å². The van der Waals surface area contributed by atoms with Gasteiger partial charge in [0.05, 0.1) is 0 Å². The van der Waals surface area contributed by atoms with Crippen LogP contribution in [0.1, 0.15) is 60.1 Å². The first-order chi connectivity index (χ1) is 27.5. The second-order valence-electron chi connectivity index (χ2n) is 16.5. The second kappa shape index (κ2) is 12.6. The number of aryl methyl sites for hydroxylation is 2.